The summed E-state index contributed by atoms with van der Waals surface area (Å²) in [4.78, 5) is 25.8. The van der Waals surface area contributed by atoms with Gasteiger partial charge in [-0.25, -0.2) is 4.79 Å². The van der Waals surface area contributed by atoms with Crippen LogP contribution < -0.4 is 19.8 Å². The first-order valence-corrected chi connectivity index (χ1v) is 9.87. The van der Waals surface area contributed by atoms with Crippen molar-refractivity contribution in [1.29, 1.82) is 0 Å². The third kappa shape index (κ3) is 3.24. The van der Waals surface area contributed by atoms with Gasteiger partial charge in [-0.15, -0.1) is 0 Å². The average molecular weight is 433 g/mol. The van der Waals surface area contributed by atoms with Crippen LogP contribution in [0.4, 0.5) is 0 Å². The van der Waals surface area contributed by atoms with Gasteiger partial charge in [0.1, 0.15) is 30.2 Å². The third-order valence-corrected chi connectivity index (χ3v) is 5.22. The van der Waals surface area contributed by atoms with Crippen LogP contribution in [0.1, 0.15) is 10.4 Å². The van der Waals surface area contributed by atoms with Gasteiger partial charge < -0.3 is 23.5 Å². The lowest BCUT2D eigenvalue weighted by Gasteiger charge is -2.20. The second-order valence-corrected chi connectivity index (χ2v) is 7.08. The van der Waals surface area contributed by atoms with Gasteiger partial charge >= 0.3 is 5.97 Å². The first-order valence-electron chi connectivity index (χ1n) is 9.87. The largest absolute Gasteiger partial charge is 0.497 e. The molecular weight excluding hydrogens is 414 g/mol. The SMILES string of the molecule is COC(=O)c1cn(-c2ccc3c(c2)OCCO3)cc2c(=O)n(-c3ccc(OC)cc3)nc1-2. The molecule has 32 heavy (non-hydrogen) atoms. The topological polar surface area (TPSA) is 93.8 Å². The minimum Gasteiger partial charge on any atom is -0.497 e. The van der Waals surface area contributed by atoms with Crippen molar-refractivity contribution in [3.8, 4) is 39.9 Å². The fourth-order valence-electron chi connectivity index (χ4n) is 3.61. The minimum absolute atomic E-state index is 0.171. The number of rotatable bonds is 4. The molecule has 3 aliphatic heterocycles. The Hall–Kier alpha value is -4.27. The van der Waals surface area contributed by atoms with Crippen molar-refractivity contribution in [3.05, 3.63) is 70.8 Å². The lowest BCUT2D eigenvalue weighted by atomic mass is 10.1. The normalized spacial score (nSPS) is 12.6. The van der Waals surface area contributed by atoms with Gasteiger partial charge in [0.15, 0.2) is 11.5 Å². The Morgan fingerprint density at radius 2 is 1.69 bits per heavy atom. The molecular formula is C23H19N3O6. The Morgan fingerprint density at radius 3 is 2.41 bits per heavy atom. The summed E-state index contributed by atoms with van der Waals surface area (Å²) in [6, 6.07) is 12.3. The summed E-state index contributed by atoms with van der Waals surface area (Å²) in [5.41, 5.74) is 1.59. The number of ether oxygens (including phenoxy) is 4. The number of carbonyl (C=O) groups is 1. The second kappa shape index (κ2) is 7.77. The van der Waals surface area contributed by atoms with Gasteiger partial charge in [-0.1, -0.05) is 0 Å². The fraction of sp³-hybridized carbons (Fsp3) is 0.174. The Kier molecular flexibility index (Phi) is 4.78. The van der Waals surface area contributed by atoms with E-state index < -0.39 is 5.97 Å². The molecule has 9 nitrogen and oxygen atoms in total. The van der Waals surface area contributed by atoms with Crippen molar-refractivity contribution in [1.82, 2.24) is 14.3 Å². The van der Waals surface area contributed by atoms with Crippen LogP contribution >= 0.6 is 0 Å². The highest BCUT2D eigenvalue weighted by atomic mass is 16.6. The summed E-state index contributed by atoms with van der Waals surface area (Å²) < 4.78 is 24.3. The number of nitrogens with zero attached hydrogens (tertiary/aromatic N) is 3. The molecule has 0 aromatic heterocycles. The molecule has 0 saturated heterocycles. The molecule has 2 aromatic carbocycles. The van der Waals surface area contributed by atoms with Gasteiger partial charge in [0.2, 0.25) is 0 Å². The average Bonchev–Trinajstić information content (AvgIpc) is 3.19. The van der Waals surface area contributed by atoms with E-state index in [0.717, 1.165) is 0 Å². The zero-order valence-electron chi connectivity index (χ0n) is 17.4. The monoisotopic (exact) mass is 433 g/mol. The van der Waals surface area contributed by atoms with Gasteiger partial charge in [-0.2, -0.15) is 9.78 Å². The molecule has 0 amide bonds. The zero-order chi connectivity index (χ0) is 22.2. The minimum atomic E-state index is -0.596. The molecule has 2 aromatic rings. The molecule has 0 N–H and O–H groups in total. The molecule has 5 rings (SSSR count). The fourth-order valence-corrected chi connectivity index (χ4v) is 3.61. The number of esters is 1. The lowest BCUT2D eigenvalue weighted by Crippen LogP contribution is -2.16. The van der Waals surface area contributed by atoms with Crippen LogP contribution in [0.3, 0.4) is 0 Å². The molecule has 0 bridgehead atoms. The standard InChI is InChI=1S/C23H19N3O6/c1-29-16-6-3-14(4-7-16)26-22(27)17-12-25(13-18(21(17)24-26)23(28)30-2)15-5-8-19-20(11-15)32-10-9-31-19/h3-8,11-13H,9-10H2,1-2H3. The highest BCUT2D eigenvalue weighted by molar-refractivity contribution is 5.96. The number of carbonyl (C=O) groups excluding carboxylic acids is 1. The van der Waals surface area contributed by atoms with Crippen molar-refractivity contribution in [3.63, 3.8) is 0 Å². The molecule has 3 heterocycles. The van der Waals surface area contributed by atoms with E-state index in [1.54, 1.807) is 60.5 Å². The van der Waals surface area contributed by atoms with Crippen LogP contribution in [-0.2, 0) is 4.74 Å². The first kappa shape index (κ1) is 19.7. The molecule has 0 unspecified atom stereocenters. The molecule has 0 saturated carbocycles. The van der Waals surface area contributed by atoms with E-state index in [9.17, 15) is 9.59 Å². The van der Waals surface area contributed by atoms with Gasteiger partial charge in [0, 0.05) is 24.1 Å². The zero-order valence-corrected chi connectivity index (χ0v) is 17.4. The molecule has 0 fully saturated rings. The van der Waals surface area contributed by atoms with Crippen molar-refractivity contribution >= 4 is 5.97 Å². The maximum Gasteiger partial charge on any atom is 0.341 e. The predicted octanol–water partition coefficient (Wildman–Crippen LogP) is 2.69. The maximum absolute atomic E-state index is 13.2. The van der Waals surface area contributed by atoms with Crippen LogP contribution in [0.2, 0.25) is 0 Å². The van der Waals surface area contributed by atoms with E-state index >= 15 is 0 Å². The van der Waals surface area contributed by atoms with Gasteiger partial charge in [0.05, 0.1) is 25.5 Å². The molecule has 0 atom stereocenters. The second-order valence-electron chi connectivity index (χ2n) is 7.08. The highest BCUT2D eigenvalue weighted by Crippen LogP contribution is 2.33. The van der Waals surface area contributed by atoms with Crippen molar-refractivity contribution in [2.45, 2.75) is 0 Å². The molecule has 0 aliphatic carbocycles. The number of fused-ring (bicyclic) bond motifs is 2. The van der Waals surface area contributed by atoms with Crippen molar-refractivity contribution in [2.75, 3.05) is 27.4 Å². The Labute approximate surface area is 182 Å². The maximum atomic E-state index is 13.2. The summed E-state index contributed by atoms with van der Waals surface area (Å²) in [6.45, 7) is 0.939. The van der Waals surface area contributed by atoms with E-state index in [-0.39, 0.29) is 22.4 Å². The Balaban J connectivity index is 1.69. The summed E-state index contributed by atoms with van der Waals surface area (Å²) in [6.07, 6.45) is 3.23. The van der Waals surface area contributed by atoms with E-state index in [2.05, 4.69) is 5.10 Å². The first-order chi connectivity index (χ1) is 15.6. The summed E-state index contributed by atoms with van der Waals surface area (Å²) in [7, 11) is 2.85. The number of hydrogen-bond donors (Lipinski definition) is 0. The van der Waals surface area contributed by atoms with E-state index in [0.29, 0.717) is 41.8 Å². The van der Waals surface area contributed by atoms with Crippen molar-refractivity contribution in [2.24, 2.45) is 0 Å². The lowest BCUT2D eigenvalue weighted by molar-refractivity contribution is 0.0600. The van der Waals surface area contributed by atoms with Crippen LogP contribution in [0.25, 0.3) is 22.6 Å². The molecule has 0 spiro atoms. The van der Waals surface area contributed by atoms with E-state index in [1.165, 1.54) is 11.8 Å². The molecule has 0 radical (unpaired) electrons. The van der Waals surface area contributed by atoms with Crippen LogP contribution in [-0.4, -0.2) is 47.8 Å². The third-order valence-electron chi connectivity index (χ3n) is 5.22. The molecule has 9 heteroatoms. The van der Waals surface area contributed by atoms with E-state index in [4.69, 9.17) is 18.9 Å². The van der Waals surface area contributed by atoms with Crippen LogP contribution in [0.15, 0.2) is 59.7 Å². The molecule has 162 valence electrons. The van der Waals surface area contributed by atoms with E-state index in [1.807, 2.05) is 6.07 Å². The predicted molar refractivity (Wildman–Crippen MR) is 115 cm³/mol. The highest BCUT2D eigenvalue weighted by Gasteiger charge is 2.25. The van der Waals surface area contributed by atoms with Gasteiger partial charge in [-0.05, 0) is 36.4 Å². The van der Waals surface area contributed by atoms with Crippen LogP contribution in [0.5, 0.6) is 17.2 Å². The van der Waals surface area contributed by atoms with Crippen molar-refractivity contribution < 1.29 is 23.7 Å². The number of hydrogen-bond acceptors (Lipinski definition) is 7. The number of pyridine rings is 1. The summed E-state index contributed by atoms with van der Waals surface area (Å²) in [5.74, 6) is 1.30. The van der Waals surface area contributed by atoms with Gasteiger partial charge in [0.25, 0.3) is 5.56 Å². The summed E-state index contributed by atoms with van der Waals surface area (Å²) >= 11 is 0. The Bertz CT molecular complexity index is 1340. The quantitative estimate of drug-likeness (QED) is 0.457. The van der Waals surface area contributed by atoms with Crippen LogP contribution in [0, 0.1) is 0 Å². The number of benzene rings is 2. The Morgan fingerprint density at radius 1 is 0.969 bits per heavy atom. The number of methoxy groups -OCH3 is 2. The molecule has 3 aliphatic rings. The smallest absolute Gasteiger partial charge is 0.341 e. The van der Waals surface area contributed by atoms with Gasteiger partial charge in [-0.3, -0.25) is 4.79 Å². The summed E-state index contributed by atoms with van der Waals surface area (Å²) in [5, 5.41) is 4.42. The number of aromatic nitrogens is 3.